The number of rotatable bonds is 6. The third kappa shape index (κ3) is 5.31. The SMILES string of the molecule is O=C(C1CCCN1Cc1ccc(-c2cncnc2)cc1)N1CCC(Cc2ccccc2)CC1. The standard InChI is InChI=1S/C28H32N4O/c33-28(31-15-12-23(13-16-31)17-22-5-2-1-3-6-22)27-7-4-14-32(27)20-24-8-10-25(11-9-24)26-18-29-21-30-19-26/h1-3,5-6,8-11,18-19,21,23,27H,4,7,12-17,20H2. The molecule has 33 heavy (non-hydrogen) atoms. The lowest BCUT2D eigenvalue weighted by atomic mass is 9.90. The van der Waals surface area contributed by atoms with Gasteiger partial charge in [0.05, 0.1) is 6.04 Å². The Morgan fingerprint density at radius 1 is 0.818 bits per heavy atom. The predicted octanol–water partition coefficient (Wildman–Crippen LogP) is 4.59. The molecule has 0 spiro atoms. The lowest BCUT2D eigenvalue weighted by Gasteiger charge is -2.35. The molecule has 2 aliphatic rings. The van der Waals surface area contributed by atoms with Gasteiger partial charge in [0.2, 0.25) is 5.91 Å². The van der Waals surface area contributed by atoms with E-state index in [1.54, 1.807) is 6.33 Å². The minimum absolute atomic E-state index is 0.0258. The third-order valence-corrected chi connectivity index (χ3v) is 7.18. The molecule has 3 heterocycles. The highest BCUT2D eigenvalue weighted by Crippen LogP contribution is 2.27. The van der Waals surface area contributed by atoms with Crippen LogP contribution in [0.2, 0.25) is 0 Å². The molecule has 0 bridgehead atoms. The summed E-state index contributed by atoms with van der Waals surface area (Å²) in [6.45, 7) is 3.62. The maximum absolute atomic E-state index is 13.4. The van der Waals surface area contributed by atoms with Crippen LogP contribution in [0.4, 0.5) is 0 Å². The van der Waals surface area contributed by atoms with Gasteiger partial charge in [0.15, 0.2) is 0 Å². The fourth-order valence-corrected chi connectivity index (χ4v) is 5.30. The maximum Gasteiger partial charge on any atom is 0.239 e. The van der Waals surface area contributed by atoms with Gasteiger partial charge in [0.1, 0.15) is 6.33 Å². The van der Waals surface area contributed by atoms with Crippen LogP contribution in [0.5, 0.6) is 0 Å². The number of hydrogen-bond acceptors (Lipinski definition) is 4. The zero-order chi connectivity index (χ0) is 22.5. The number of benzene rings is 2. The predicted molar refractivity (Wildman–Crippen MR) is 130 cm³/mol. The zero-order valence-electron chi connectivity index (χ0n) is 19.1. The van der Waals surface area contributed by atoms with E-state index in [4.69, 9.17) is 0 Å². The maximum atomic E-state index is 13.4. The normalized spacial score (nSPS) is 19.6. The quantitative estimate of drug-likeness (QED) is 0.563. The molecule has 1 atom stereocenters. The molecule has 0 aliphatic carbocycles. The van der Waals surface area contributed by atoms with Crippen molar-refractivity contribution in [2.45, 2.75) is 44.7 Å². The number of hydrogen-bond donors (Lipinski definition) is 0. The molecule has 2 aromatic carbocycles. The fourth-order valence-electron chi connectivity index (χ4n) is 5.30. The number of carbonyl (C=O) groups excluding carboxylic acids is 1. The van der Waals surface area contributed by atoms with Gasteiger partial charge in [0.25, 0.3) is 0 Å². The smallest absolute Gasteiger partial charge is 0.239 e. The summed E-state index contributed by atoms with van der Waals surface area (Å²) >= 11 is 0. The summed E-state index contributed by atoms with van der Waals surface area (Å²) in [5.74, 6) is 1.02. The Morgan fingerprint density at radius 2 is 1.55 bits per heavy atom. The van der Waals surface area contributed by atoms with E-state index < -0.39 is 0 Å². The topological polar surface area (TPSA) is 49.3 Å². The first-order valence-corrected chi connectivity index (χ1v) is 12.2. The van der Waals surface area contributed by atoms with Crippen molar-refractivity contribution in [3.05, 3.63) is 84.4 Å². The number of amides is 1. The van der Waals surface area contributed by atoms with Gasteiger partial charge in [-0.2, -0.15) is 0 Å². The lowest BCUT2D eigenvalue weighted by molar-refractivity contribution is -0.137. The Morgan fingerprint density at radius 3 is 2.27 bits per heavy atom. The molecule has 0 N–H and O–H groups in total. The first-order valence-electron chi connectivity index (χ1n) is 12.2. The van der Waals surface area contributed by atoms with Crippen LogP contribution in [-0.4, -0.2) is 51.4 Å². The van der Waals surface area contributed by atoms with Gasteiger partial charge in [-0.3, -0.25) is 9.69 Å². The van der Waals surface area contributed by atoms with Crippen LogP contribution < -0.4 is 0 Å². The van der Waals surface area contributed by atoms with E-state index in [9.17, 15) is 4.79 Å². The average Bonchev–Trinajstić information content (AvgIpc) is 3.34. The van der Waals surface area contributed by atoms with E-state index in [1.807, 2.05) is 12.4 Å². The Hall–Kier alpha value is -3.05. The Kier molecular flexibility index (Phi) is 6.77. The van der Waals surface area contributed by atoms with Gasteiger partial charge in [-0.05, 0) is 61.3 Å². The van der Waals surface area contributed by atoms with Crippen molar-refractivity contribution >= 4 is 5.91 Å². The Bertz CT molecular complexity index is 1030. The molecule has 2 aliphatic heterocycles. The highest BCUT2D eigenvalue weighted by molar-refractivity contribution is 5.82. The first kappa shape index (κ1) is 21.8. The number of piperidine rings is 1. The average molecular weight is 441 g/mol. The van der Waals surface area contributed by atoms with E-state index in [-0.39, 0.29) is 6.04 Å². The van der Waals surface area contributed by atoms with Crippen LogP contribution in [0.3, 0.4) is 0 Å². The molecular formula is C28H32N4O. The van der Waals surface area contributed by atoms with Crippen LogP contribution >= 0.6 is 0 Å². The Balaban J connectivity index is 1.16. The molecule has 3 aromatic rings. The molecule has 1 aromatic heterocycles. The lowest BCUT2D eigenvalue weighted by Crippen LogP contribution is -2.48. The summed E-state index contributed by atoms with van der Waals surface area (Å²) in [5, 5.41) is 0. The fraction of sp³-hybridized carbons (Fsp3) is 0.393. The highest BCUT2D eigenvalue weighted by atomic mass is 16.2. The molecule has 5 nitrogen and oxygen atoms in total. The van der Waals surface area contributed by atoms with Crippen molar-refractivity contribution in [3.63, 3.8) is 0 Å². The van der Waals surface area contributed by atoms with Crippen molar-refractivity contribution in [1.82, 2.24) is 19.8 Å². The van der Waals surface area contributed by atoms with Crippen molar-refractivity contribution in [2.24, 2.45) is 5.92 Å². The molecular weight excluding hydrogens is 408 g/mol. The second-order valence-corrected chi connectivity index (χ2v) is 9.41. The molecule has 5 rings (SSSR count). The molecule has 2 saturated heterocycles. The van der Waals surface area contributed by atoms with Crippen LogP contribution in [0.15, 0.2) is 73.3 Å². The molecule has 1 unspecified atom stereocenters. The molecule has 5 heteroatoms. The summed E-state index contributed by atoms with van der Waals surface area (Å²) < 4.78 is 0. The van der Waals surface area contributed by atoms with Gasteiger partial charge in [-0.25, -0.2) is 9.97 Å². The molecule has 170 valence electrons. The van der Waals surface area contributed by atoms with Gasteiger partial charge >= 0.3 is 0 Å². The molecule has 0 radical (unpaired) electrons. The minimum atomic E-state index is 0.0258. The van der Waals surface area contributed by atoms with Crippen LogP contribution in [0.25, 0.3) is 11.1 Å². The first-order chi connectivity index (χ1) is 16.3. The van der Waals surface area contributed by atoms with Gasteiger partial charge in [-0.1, -0.05) is 54.6 Å². The van der Waals surface area contributed by atoms with Crippen molar-refractivity contribution in [3.8, 4) is 11.1 Å². The van der Waals surface area contributed by atoms with E-state index in [0.29, 0.717) is 11.8 Å². The second kappa shape index (κ2) is 10.3. The molecule has 2 fully saturated rings. The number of carbonyl (C=O) groups is 1. The second-order valence-electron chi connectivity index (χ2n) is 9.41. The summed E-state index contributed by atoms with van der Waals surface area (Å²) in [7, 11) is 0. The van der Waals surface area contributed by atoms with E-state index in [2.05, 4.69) is 74.4 Å². The van der Waals surface area contributed by atoms with Crippen molar-refractivity contribution in [1.29, 1.82) is 0 Å². The van der Waals surface area contributed by atoms with Gasteiger partial charge < -0.3 is 4.90 Å². The third-order valence-electron chi connectivity index (χ3n) is 7.18. The zero-order valence-corrected chi connectivity index (χ0v) is 19.1. The summed E-state index contributed by atoms with van der Waals surface area (Å²) in [6, 6.07) is 19.3. The highest BCUT2D eigenvalue weighted by Gasteiger charge is 2.35. The largest absolute Gasteiger partial charge is 0.341 e. The summed E-state index contributed by atoms with van der Waals surface area (Å²) in [4.78, 5) is 26.1. The van der Waals surface area contributed by atoms with E-state index >= 15 is 0 Å². The van der Waals surface area contributed by atoms with E-state index in [1.165, 1.54) is 11.1 Å². The molecule has 1 amide bonds. The number of nitrogens with zero attached hydrogens (tertiary/aromatic N) is 4. The van der Waals surface area contributed by atoms with Crippen LogP contribution in [-0.2, 0) is 17.8 Å². The van der Waals surface area contributed by atoms with Crippen LogP contribution in [0.1, 0.15) is 36.8 Å². The summed E-state index contributed by atoms with van der Waals surface area (Å²) in [5.41, 5.74) is 4.80. The number of likely N-dealkylation sites (tertiary alicyclic amines) is 2. The van der Waals surface area contributed by atoms with Crippen molar-refractivity contribution < 1.29 is 4.79 Å². The van der Waals surface area contributed by atoms with E-state index in [0.717, 1.165) is 69.4 Å². The minimum Gasteiger partial charge on any atom is -0.341 e. The van der Waals surface area contributed by atoms with Gasteiger partial charge in [0, 0.05) is 37.6 Å². The monoisotopic (exact) mass is 440 g/mol. The Labute approximate surface area is 196 Å². The molecule has 0 saturated carbocycles. The summed E-state index contributed by atoms with van der Waals surface area (Å²) in [6.07, 6.45) is 10.6. The number of aromatic nitrogens is 2. The van der Waals surface area contributed by atoms with Gasteiger partial charge in [-0.15, -0.1) is 0 Å². The van der Waals surface area contributed by atoms with Crippen LogP contribution in [0, 0.1) is 5.92 Å². The van der Waals surface area contributed by atoms with Crippen molar-refractivity contribution in [2.75, 3.05) is 19.6 Å².